The van der Waals surface area contributed by atoms with Crippen LogP contribution in [-0.2, 0) is 6.54 Å². The summed E-state index contributed by atoms with van der Waals surface area (Å²) >= 11 is 0. The molecular formula is C14H16N8O2. The quantitative estimate of drug-likeness (QED) is 0.638. The van der Waals surface area contributed by atoms with Crippen LogP contribution in [0.4, 0.5) is 11.5 Å². The largest absolute Gasteiger partial charge is 0.348 e. The molecule has 1 fully saturated rings. The van der Waals surface area contributed by atoms with Crippen LogP contribution in [0.15, 0.2) is 12.3 Å². The predicted molar refractivity (Wildman–Crippen MR) is 84.2 cm³/mol. The number of nitrogens with one attached hydrogen (secondary N) is 1. The standard InChI is InChI=1S/C14H16N8O2/c1-10-17-12(19-18-10)9-20-4-6-21(7-5-20)14-13(22(23)24)11(8-15)2-3-16-14/h2-3H,4-7,9H2,1H3,(H,17,18,19). The van der Waals surface area contributed by atoms with Crippen molar-refractivity contribution in [3.8, 4) is 6.07 Å². The lowest BCUT2D eigenvalue weighted by molar-refractivity contribution is -0.384. The van der Waals surface area contributed by atoms with Crippen LogP contribution in [0.2, 0.25) is 0 Å². The van der Waals surface area contributed by atoms with E-state index in [1.54, 1.807) is 0 Å². The molecule has 0 aliphatic carbocycles. The zero-order chi connectivity index (χ0) is 17.1. The highest BCUT2D eigenvalue weighted by Gasteiger charge is 2.28. The molecule has 0 radical (unpaired) electrons. The van der Waals surface area contributed by atoms with Crippen molar-refractivity contribution in [1.82, 2.24) is 25.1 Å². The fourth-order valence-electron chi connectivity index (χ4n) is 2.72. The van der Waals surface area contributed by atoms with Gasteiger partial charge in [-0.3, -0.25) is 20.1 Å². The number of hydrogen-bond donors (Lipinski definition) is 1. The molecule has 124 valence electrons. The van der Waals surface area contributed by atoms with Gasteiger partial charge in [-0.15, -0.1) is 0 Å². The third-order valence-corrected chi connectivity index (χ3v) is 3.89. The molecule has 0 saturated carbocycles. The number of anilines is 1. The maximum absolute atomic E-state index is 11.3. The maximum atomic E-state index is 11.3. The average molecular weight is 328 g/mol. The second-order valence-electron chi connectivity index (χ2n) is 5.50. The Kier molecular flexibility index (Phi) is 4.35. The van der Waals surface area contributed by atoms with Gasteiger partial charge in [0.2, 0.25) is 5.82 Å². The first-order valence-corrected chi connectivity index (χ1v) is 7.47. The molecule has 3 heterocycles. The highest BCUT2D eigenvalue weighted by atomic mass is 16.6. The average Bonchev–Trinajstić information content (AvgIpc) is 2.99. The molecule has 0 bridgehead atoms. The van der Waals surface area contributed by atoms with E-state index in [9.17, 15) is 10.1 Å². The fraction of sp³-hybridized carbons (Fsp3) is 0.429. The first kappa shape index (κ1) is 15.8. The second kappa shape index (κ2) is 6.59. The number of nitriles is 1. The van der Waals surface area contributed by atoms with E-state index in [2.05, 4.69) is 25.1 Å². The van der Waals surface area contributed by atoms with Crippen LogP contribution in [0, 0.1) is 28.4 Å². The van der Waals surface area contributed by atoms with E-state index in [0.29, 0.717) is 32.7 Å². The zero-order valence-electron chi connectivity index (χ0n) is 13.1. The van der Waals surface area contributed by atoms with Crippen LogP contribution in [0.3, 0.4) is 0 Å². The normalized spacial score (nSPS) is 15.2. The van der Waals surface area contributed by atoms with Crippen molar-refractivity contribution < 1.29 is 4.92 Å². The minimum Gasteiger partial charge on any atom is -0.348 e. The highest BCUT2D eigenvalue weighted by Crippen LogP contribution is 2.29. The van der Waals surface area contributed by atoms with Crippen molar-refractivity contribution in [2.75, 3.05) is 31.1 Å². The lowest BCUT2D eigenvalue weighted by Crippen LogP contribution is -2.46. The predicted octanol–water partition coefficient (Wildman–Crippen LogP) is 0.610. The van der Waals surface area contributed by atoms with Crippen molar-refractivity contribution in [2.24, 2.45) is 0 Å². The summed E-state index contributed by atoms with van der Waals surface area (Å²) in [5.74, 6) is 1.76. The van der Waals surface area contributed by atoms with E-state index in [1.807, 2.05) is 17.9 Å². The molecule has 1 aliphatic heterocycles. The maximum Gasteiger partial charge on any atom is 0.329 e. The van der Waals surface area contributed by atoms with Crippen molar-refractivity contribution in [3.05, 3.63) is 39.6 Å². The molecule has 0 spiro atoms. The number of aryl methyl sites for hydroxylation is 1. The molecule has 0 aromatic carbocycles. The zero-order valence-corrected chi connectivity index (χ0v) is 13.1. The van der Waals surface area contributed by atoms with Crippen LogP contribution in [0.5, 0.6) is 0 Å². The summed E-state index contributed by atoms with van der Waals surface area (Å²) in [6.45, 7) is 5.08. The van der Waals surface area contributed by atoms with Gasteiger partial charge in [0.05, 0.1) is 11.5 Å². The first-order chi connectivity index (χ1) is 11.6. The van der Waals surface area contributed by atoms with E-state index in [0.717, 1.165) is 11.6 Å². The minimum atomic E-state index is -0.538. The lowest BCUT2D eigenvalue weighted by Gasteiger charge is -2.34. The van der Waals surface area contributed by atoms with E-state index in [1.165, 1.54) is 12.3 Å². The number of aromatic nitrogens is 4. The third kappa shape index (κ3) is 3.16. The number of nitrogens with zero attached hydrogens (tertiary/aromatic N) is 7. The molecule has 1 saturated heterocycles. The van der Waals surface area contributed by atoms with Crippen molar-refractivity contribution >= 4 is 11.5 Å². The topological polar surface area (TPSA) is 128 Å². The summed E-state index contributed by atoms with van der Waals surface area (Å²) in [7, 11) is 0. The Morgan fingerprint density at radius 1 is 1.42 bits per heavy atom. The van der Waals surface area contributed by atoms with E-state index in [4.69, 9.17) is 5.26 Å². The Morgan fingerprint density at radius 3 is 2.75 bits per heavy atom. The Balaban J connectivity index is 1.71. The van der Waals surface area contributed by atoms with Crippen LogP contribution in [-0.4, -0.2) is 56.2 Å². The van der Waals surface area contributed by atoms with Crippen molar-refractivity contribution in [1.29, 1.82) is 5.26 Å². The summed E-state index contributed by atoms with van der Waals surface area (Å²) in [6.07, 6.45) is 1.43. The molecule has 10 nitrogen and oxygen atoms in total. The van der Waals surface area contributed by atoms with E-state index >= 15 is 0 Å². The van der Waals surface area contributed by atoms with E-state index in [-0.39, 0.29) is 17.1 Å². The van der Waals surface area contributed by atoms with Gasteiger partial charge >= 0.3 is 5.69 Å². The van der Waals surface area contributed by atoms with Crippen molar-refractivity contribution in [2.45, 2.75) is 13.5 Å². The smallest absolute Gasteiger partial charge is 0.329 e. The SMILES string of the molecule is Cc1nc(CN2CCN(c3nccc(C#N)c3[N+](=O)[O-])CC2)n[nH]1. The summed E-state index contributed by atoms with van der Waals surface area (Å²) in [4.78, 5) is 23.2. The van der Waals surface area contributed by atoms with Gasteiger partial charge in [-0.2, -0.15) is 10.4 Å². The number of hydrogen-bond acceptors (Lipinski definition) is 8. The number of rotatable bonds is 4. The van der Waals surface area contributed by atoms with Crippen LogP contribution >= 0.6 is 0 Å². The van der Waals surface area contributed by atoms with Crippen LogP contribution in [0.25, 0.3) is 0 Å². The van der Waals surface area contributed by atoms with Gasteiger partial charge in [0.15, 0.2) is 5.82 Å². The van der Waals surface area contributed by atoms with Crippen LogP contribution < -0.4 is 4.90 Å². The van der Waals surface area contributed by atoms with Gasteiger partial charge in [0, 0.05) is 32.4 Å². The number of H-pyrrole nitrogens is 1. The van der Waals surface area contributed by atoms with Gasteiger partial charge in [-0.1, -0.05) is 0 Å². The summed E-state index contributed by atoms with van der Waals surface area (Å²) in [5.41, 5.74) is -0.193. The summed E-state index contributed by atoms with van der Waals surface area (Å²) in [6, 6.07) is 3.23. The molecular weight excluding hydrogens is 312 g/mol. The number of piperazine rings is 1. The van der Waals surface area contributed by atoms with Gasteiger partial charge in [0.25, 0.3) is 0 Å². The van der Waals surface area contributed by atoms with Gasteiger partial charge in [0.1, 0.15) is 17.5 Å². The third-order valence-electron chi connectivity index (χ3n) is 3.89. The fourth-order valence-corrected chi connectivity index (χ4v) is 2.72. The van der Waals surface area contributed by atoms with Gasteiger partial charge in [-0.25, -0.2) is 9.97 Å². The number of aromatic amines is 1. The molecule has 0 amide bonds. The Labute approximate surface area is 137 Å². The number of pyridine rings is 1. The second-order valence-corrected chi connectivity index (χ2v) is 5.50. The minimum absolute atomic E-state index is 0.0311. The molecule has 10 heteroatoms. The van der Waals surface area contributed by atoms with E-state index < -0.39 is 4.92 Å². The summed E-state index contributed by atoms with van der Waals surface area (Å²) < 4.78 is 0. The molecule has 24 heavy (non-hydrogen) atoms. The molecule has 1 N–H and O–H groups in total. The molecule has 0 atom stereocenters. The molecule has 2 aromatic heterocycles. The number of nitro groups is 1. The van der Waals surface area contributed by atoms with Crippen molar-refractivity contribution in [3.63, 3.8) is 0 Å². The lowest BCUT2D eigenvalue weighted by atomic mass is 10.2. The monoisotopic (exact) mass is 328 g/mol. The molecule has 0 unspecified atom stereocenters. The van der Waals surface area contributed by atoms with Crippen LogP contribution in [0.1, 0.15) is 17.2 Å². The van der Waals surface area contributed by atoms with Gasteiger partial charge < -0.3 is 4.90 Å². The molecule has 3 rings (SSSR count). The molecule has 1 aliphatic rings. The summed E-state index contributed by atoms with van der Waals surface area (Å²) in [5, 5.41) is 27.3. The Hall–Kier alpha value is -3.06. The first-order valence-electron chi connectivity index (χ1n) is 7.47. The highest BCUT2D eigenvalue weighted by molar-refractivity contribution is 5.65. The molecule has 2 aromatic rings. The Bertz CT molecular complexity index is 788. The Morgan fingerprint density at radius 2 is 2.17 bits per heavy atom. The van der Waals surface area contributed by atoms with Gasteiger partial charge in [-0.05, 0) is 13.0 Å².